The lowest BCUT2D eigenvalue weighted by Gasteiger charge is -2.30. The standard InChI is InChI=1S/C15H24N2O4/c1-11(15(20)21)17(12-7-8-12)14(19)10-16-9-5-3-2-4-6-13(16)18/h11-12H,2-10H2,1H3,(H,20,21). The third kappa shape index (κ3) is 4.19. The second-order valence-electron chi connectivity index (χ2n) is 6.03. The minimum atomic E-state index is -0.991. The minimum Gasteiger partial charge on any atom is -0.480 e. The van der Waals surface area contributed by atoms with Crippen LogP contribution in [0.25, 0.3) is 0 Å². The molecule has 0 spiro atoms. The molecule has 1 unspecified atom stereocenters. The Labute approximate surface area is 125 Å². The fraction of sp³-hybridized carbons (Fsp3) is 0.800. The van der Waals surface area contributed by atoms with Crippen molar-refractivity contribution >= 4 is 17.8 Å². The Morgan fingerprint density at radius 3 is 2.57 bits per heavy atom. The van der Waals surface area contributed by atoms with Gasteiger partial charge in [-0.15, -0.1) is 0 Å². The van der Waals surface area contributed by atoms with Crippen LogP contribution in [0.2, 0.25) is 0 Å². The Hall–Kier alpha value is -1.59. The van der Waals surface area contributed by atoms with Gasteiger partial charge in [0, 0.05) is 19.0 Å². The Morgan fingerprint density at radius 1 is 1.29 bits per heavy atom. The second-order valence-corrected chi connectivity index (χ2v) is 6.03. The molecule has 0 aromatic heterocycles. The van der Waals surface area contributed by atoms with Gasteiger partial charge in [0.2, 0.25) is 11.8 Å². The lowest BCUT2D eigenvalue weighted by Crippen LogP contribution is -2.50. The van der Waals surface area contributed by atoms with Crippen molar-refractivity contribution in [2.45, 2.75) is 64.0 Å². The van der Waals surface area contributed by atoms with E-state index in [1.54, 1.807) is 4.90 Å². The first-order valence-corrected chi connectivity index (χ1v) is 7.82. The van der Waals surface area contributed by atoms with Crippen LogP contribution in [0.3, 0.4) is 0 Å². The molecule has 2 rings (SSSR count). The summed E-state index contributed by atoms with van der Waals surface area (Å²) in [4.78, 5) is 38.7. The summed E-state index contributed by atoms with van der Waals surface area (Å²) < 4.78 is 0. The van der Waals surface area contributed by atoms with Crippen LogP contribution in [0, 0.1) is 0 Å². The Kier molecular flexibility index (Phi) is 5.20. The lowest BCUT2D eigenvalue weighted by molar-refractivity contribution is -0.151. The summed E-state index contributed by atoms with van der Waals surface area (Å²) in [6, 6.07) is -0.789. The molecule has 6 heteroatoms. The van der Waals surface area contributed by atoms with Crippen LogP contribution < -0.4 is 0 Å². The van der Waals surface area contributed by atoms with E-state index in [0.717, 1.165) is 38.5 Å². The molecule has 118 valence electrons. The molecular weight excluding hydrogens is 272 g/mol. The third-order valence-electron chi connectivity index (χ3n) is 4.25. The van der Waals surface area contributed by atoms with Gasteiger partial charge in [-0.1, -0.05) is 12.8 Å². The fourth-order valence-corrected chi connectivity index (χ4v) is 2.83. The quantitative estimate of drug-likeness (QED) is 0.828. The number of hydrogen-bond acceptors (Lipinski definition) is 3. The summed E-state index contributed by atoms with van der Waals surface area (Å²) >= 11 is 0. The minimum absolute atomic E-state index is 0.0155. The molecule has 0 bridgehead atoms. The molecule has 2 amide bonds. The van der Waals surface area contributed by atoms with Crippen molar-refractivity contribution in [3.8, 4) is 0 Å². The van der Waals surface area contributed by atoms with Crippen LogP contribution >= 0.6 is 0 Å². The average molecular weight is 296 g/mol. The number of likely N-dealkylation sites (tertiary alicyclic amines) is 1. The van der Waals surface area contributed by atoms with Crippen LogP contribution in [0.5, 0.6) is 0 Å². The van der Waals surface area contributed by atoms with Crippen molar-refractivity contribution < 1.29 is 19.5 Å². The van der Waals surface area contributed by atoms with Crippen molar-refractivity contribution in [1.29, 1.82) is 0 Å². The predicted octanol–water partition coefficient (Wildman–Crippen LogP) is 1.24. The highest BCUT2D eigenvalue weighted by Crippen LogP contribution is 2.29. The number of nitrogens with zero attached hydrogens (tertiary/aromatic N) is 2. The summed E-state index contributed by atoms with van der Waals surface area (Å²) in [5, 5.41) is 9.14. The molecule has 2 aliphatic rings. The van der Waals surface area contributed by atoms with E-state index in [9.17, 15) is 14.4 Å². The third-order valence-corrected chi connectivity index (χ3v) is 4.25. The molecule has 6 nitrogen and oxygen atoms in total. The van der Waals surface area contributed by atoms with Crippen molar-refractivity contribution in [3.05, 3.63) is 0 Å². The molecule has 21 heavy (non-hydrogen) atoms. The van der Waals surface area contributed by atoms with Crippen LogP contribution in [-0.4, -0.2) is 57.9 Å². The van der Waals surface area contributed by atoms with E-state index < -0.39 is 12.0 Å². The number of carboxylic acid groups (broad SMARTS) is 1. The van der Waals surface area contributed by atoms with Crippen LogP contribution in [0.1, 0.15) is 51.9 Å². The number of carboxylic acids is 1. The molecule has 0 aromatic carbocycles. The Bertz CT molecular complexity index is 420. The summed E-state index contributed by atoms with van der Waals surface area (Å²) in [5.41, 5.74) is 0. The van der Waals surface area contributed by atoms with Gasteiger partial charge < -0.3 is 14.9 Å². The van der Waals surface area contributed by atoms with Crippen molar-refractivity contribution in [3.63, 3.8) is 0 Å². The van der Waals surface area contributed by atoms with E-state index >= 15 is 0 Å². The zero-order valence-corrected chi connectivity index (χ0v) is 12.6. The Morgan fingerprint density at radius 2 is 1.95 bits per heavy atom. The van der Waals surface area contributed by atoms with Gasteiger partial charge in [-0.25, -0.2) is 4.79 Å². The van der Waals surface area contributed by atoms with Gasteiger partial charge in [0.25, 0.3) is 0 Å². The van der Waals surface area contributed by atoms with Gasteiger partial charge in [-0.05, 0) is 32.6 Å². The molecule has 0 radical (unpaired) electrons. The van der Waals surface area contributed by atoms with E-state index in [-0.39, 0.29) is 24.4 Å². The maximum Gasteiger partial charge on any atom is 0.326 e. The van der Waals surface area contributed by atoms with E-state index in [1.165, 1.54) is 11.8 Å². The SMILES string of the molecule is CC(C(=O)O)N(C(=O)CN1CCCCCCC1=O)C1CC1. The molecular formula is C15H24N2O4. The molecule has 1 heterocycles. The first-order valence-electron chi connectivity index (χ1n) is 7.82. The zero-order valence-electron chi connectivity index (χ0n) is 12.6. The van der Waals surface area contributed by atoms with Crippen molar-refractivity contribution in [1.82, 2.24) is 9.80 Å². The zero-order chi connectivity index (χ0) is 15.4. The molecule has 1 saturated heterocycles. The van der Waals surface area contributed by atoms with Gasteiger partial charge in [-0.2, -0.15) is 0 Å². The molecule has 1 N–H and O–H groups in total. The van der Waals surface area contributed by atoms with Crippen molar-refractivity contribution in [2.24, 2.45) is 0 Å². The van der Waals surface area contributed by atoms with Crippen molar-refractivity contribution in [2.75, 3.05) is 13.1 Å². The molecule has 1 saturated carbocycles. The van der Waals surface area contributed by atoms with Gasteiger partial charge >= 0.3 is 5.97 Å². The van der Waals surface area contributed by atoms with Gasteiger partial charge in [0.1, 0.15) is 6.04 Å². The number of hydrogen-bond donors (Lipinski definition) is 1. The molecule has 2 fully saturated rings. The fourth-order valence-electron chi connectivity index (χ4n) is 2.83. The van der Waals surface area contributed by atoms with E-state index in [0.29, 0.717) is 13.0 Å². The van der Waals surface area contributed by atoms with E-state index in [4.69, 9.17) is 5.11 Å². The van der Waals surface area contributed by atoms with Crippen LogP contribution in [0.15, 0.2) is 0 Å². The maximum atomic E-state index is 12.5. The Balaban J connectivity index is 1.99. The first-order chi connectivity index (χ1) is 10.0. The second kappa shape index (κ2) is 6.91. The van der Waals surface area contributed by atoms with E-state index in [1.807, 2.05) is 0 Å². The highest BCUT2D eigenvalue weighted by Gasteiger charge is 2.39. The van der Waals surface area contributed by atoms with Gasteiger partial charge in [0.15, 0.2) is 0 Å². The van der Waals surface area contributed by atoms with Gasteiger partial charge in [0.05, 0.1) is 6.54 Å². The maximum absolute atomic E-state index is 12.5. The number of amides is 2. The number of carbonyl (C=O) groups is 3. The van der Waals surface area contributed by atoms with Crippen LogP contribution in [0.4, 0.5) is 0 Å². The number of rotatable bonds is 5. The summed E-state index contributed by atoms with van der Waals surface area (Å²) in [6.45, 7) is 2.16. The molecule has 0 aromatic rings. The smallest absolute Gasteiger partial charge is 0.326 e. The number of aliphatic carboxylic acids is 1. The monoisotopic (exact) mass is 296 g/mol. The first kappa shape index (κ1) is 15.8. The summed E-state index contributed by atoms with van der Waals surface area (Å²) in [7, 11) is 0. The topological polar surface area (TPSA) is 77.9 Å². The average Bonchev–Trinajstić information content (AvgIpc) is 3.23. The molecule has 1 atom stereocenters. The molecule has 1 aliphatic carbocycles. The summed E-state index contributed by atoms with van der Waals surface area (Å²) in [5.74, 6) is -1.21. The van der Waals surface area contributed by atoms with E-state index in [2.05, 4.69) is 0 Å². The largest absolute Gasteiger partial charge is 0.480 e. The molecule has 1 aliphatic heterocycles. The summed E-state index contributed by atoms with van der Waals surface area (Å²) in [6.07, 6.45) is 6.14. The normalized spacial score (nSPS) is 21.4. The predicted molar refractivity (Wildman–Crippen MR) is 76.6 cm³/mol. The van der Waals surface area contributed by atoms with Crippen LogP contribution in [-0.2, 0) is 14.4 Å². The lowest BCUT2D eigenvalue weighted by atomic mass is 10.1. The highest BCUT2D eigenvalue weighted by atomic mass is 16.4. The van der Waals surface area contributed by atoms with Gasteiger partial charge in [-0.3, -0.25) is 9.59 Å². The number of carbonyl (C=O) groups excluding carboxylic acids is 2. The highest BCUT2D eigenvalue weighted by molar-refractivity contribution is 5.88.